The van der Waals surface area contributed by atoms with Gasteiger partial charge in [0, 0.05) is 29.9 Å². The van der Waals surface area contributed by atoms with Crippen molar-refractivity contribution in [2.45, 2.75) is 0 Å². The Morgan fingerprint density at radius 3 is 2.72 bits per heavy atom. The van der Waals surface area contributed by atoms with Gasteiger partial charge in [0.1, 0.15) is 11.5 Å². The van der Waals surface area contributed by atoms with E-state index in [-0.39, 0.29) is 0 Å². The van der Waals surface area contributed by atoms with Gasteiger partial charge in [0.25, 0.3) is 0 Å². The molecular formula is C18H18ClN5O. The van der Waals surface area contributed by atoms with Crippen LogP contribution in [0.4, 0.5) is 0 Å². The molecule has 1 N–H and O–H groups in total. The molecule has 0 saturated carbocycles. The lowest BCUT2D eigenvalue weighted by atomic mass is 10.2. The lowest BCUT2D eigenvalue weighted by Crippen LogP contribution is -2.43. The van der Waals surface area contributed by atoms with Crippen molar-refractivity contribution < 1.29 is 4.74 Å². The number of nitrogens with zero attached hydrogens (tertiary/aromatic N) is 4. The van der Waals surface area contributed by atoms with E-state index in [2.05, 4.69) is 15.0 Å². The summed E-state index contributed by atoms with van der Waals surface area (Å²) in [5.41, 5.74) is 5.86. The fourth-order valence-corrected chi connectivity index (χ4v) is 2.92. The van der Waals surface area contributed by atoms with Crippen molar-refractivity contribution >= 4 is 23.3 Å². The number of halogens is 1. The van der Waals surface area contributed by atoms with Crippen molar-refractivity contribution in [1.82, 2.24) is 19.9 Å². The van der Waals surface area contributed by atoms with E-state index in [1.807, 2.05) is 53.7 Å². The van der Waals surface area contributed by atoms with Crippen LogP contribution in [0.3, 0.4) is 0 Å². The molecule has 0 amide bonds. The molecule has 6 nitrogen and oxygen atoms in total. The number of aromatic nitrogens is 2. The molecule has 0 atom stereocenters. The van der Waals surface area contributed by atoms with Crippen LogP contribution >= 0.6 is 11.6 Å². The van der Waals surface area contributed by atoms with Crippen LogP contribution in [0.2, 0.25) is 5.02 Å². The van der Waals surface area contributed by atoms with Gasteiger partial charge in [-0.1, -0.05) is 17.7 Å². The smallest absolute Gasteiger partial charge is 0.145 e. The number of hydrogen-bond acceptors (Lipinski definition) is 5. The number of hydrazine groups is 1. The van der Waals surface area contributed by atoms with E-state index >= 15 is 0 Å². The average Bonchev–Trinajstić information content (AvgIpc) is 3.02. The highest BCUT2D eigenvalue weighted by atomic mass is 35.5. The summed E-state index contributed by atoms with van der Waals surface area (Å²) in [6.07, 6.45) is 3.75. The number of imidazole rings is 1. The Labute approximate surface area is 150 Å². The zero-order valence-electron chi connectivity index (χ0n) is 13.6. The number of hydrazone groups is 1. The maximum atomic E-state index is 5.99. The van der Waals surface area contributed by atoms with Crippen LogP contribution in [0.15, 0.2) is 53.8 Å². The highest BCUT2D eigenvalue weighted by Crippen LogP contribution is 2.23. The molecule has 3 aromatic rings. The molecule has 0 aliphatic carbocycles. The lowest BCUT2D eigenvalue weighted by molar-refractivity contribution is 0.0128. The number of rotatable bonds is 4. The Balaban J connectivity index is 1.64. The predicted octanol–water partition coefficient (Wildman–Crippen LogP) is 2.83. The molecule has 0 radical (unpaired) electrons. The van der Waals surface area contributed by atoms with Crippen molar-refractivity contribution in [2.24, 2.45) is 5.10 Å². The monoisotopic (exact) mass is 355 g/mol. The second-order valence-electron chi connectivity index (χ2n) is 5.74. The van der Waals surface area contributed by atoms with E-state index < -0.39 is 0 Å². The van der Waals surface area contributed by atoms with Gasteiger partial charge in [-0.25, -0.2) is 15.5 Å². The number of morpholine rings is 1. The second-order valence-corrected chi connectivity index (χ2v) is 6.18. The van der Waals surface area contributed by atoms with Gasteiger partial charge in [-0.3, -0.25) is 4.40 Å². The summed E-state index contributed by atoms with van der Waals surface area (Å²) in [5, 5.41) is 7.07. The van der Waals surface area contributed by atoms with Gasteiger partial charge in [-0.15, -0.1) is 0 Å². The Morgan fingerprint density at radius 1 is 1.12 bits per heavy atom. The minimum Gasteiger partial charge on any atom is -0.379 e. The molecular weight excluding hydrogens is 338 g/mol. The maximum absolute atomic E-state index is 5.99. The molecule has 1 saturated heterocycles. The van der Waals surface area contributed by atoms with Gasteiger partial charge in [-0.2, -0.15) is 5.10 Å². The number of fused-ring (bicyclic) bond motifs is 1. The first-order valence-electron chi connectivity index (χ1n) is 8.16. The molecule has 1 aliphatic heterocycles. The maximum Gasteiger partial charge on any atom is 0.145 e. The van der Waals surface area contributed by atoms with Crippen LogP contribution < -0.4 is 5.53 Å². The first kappa shape index (κ1) is 16.1. The van der Waals surface area contributed by atoms with Crippen LogP contribution in [0.25, 0.3) is 16.9 Å². The summed E-state index contributed by atoms with van der Waals surface area (Å²) >= 11 is 5.99. The molecule has 4 rings (SSSR count). The zero-order chi connectivity index (χ0) is 17.1. The number of hydrogen-bond donors (Lipinski definition) is 1. The zero-order valence-corrected chi connectivity index (χ0v) is 14.4. The number of benzene rings is 1. The van der Waals surface area contributed by atoms with Gasteiger partial charge in [0.05, 0.1) is 24.9 Å². The standard InChI is InChI=1S/C18H18ClN5O/c19-15-6-4-14(5-7-15)18-21-16(17-3-1-2-8-24(17)18)13-20-22-23-9-11-25-12-10-23/h1-8,13,22H,9-12H2/b20-13+. The fourth-order valence-electron chi connectivity index (χ4n) is 2.79. The third-order valence-corrected chi connectivity index (χ3v) is 4.33. The minimum absolute atomic E-state index is 0.709. The minimum atomic E-state index is 0.709. The Kier molecular flexibility index (Phi) is 4.65. The molecule has 1 aromatic carbocycles. The second kappa shape index (κ2) is 7.23. The molecule has 2 aromatic heterocycles. The molecule has 7 heteroatoms. The summed E-state index contributed by atoms with van der Waals surface area (Å²) in [6, 6.07) is 13.7. The highest BCUT2D eigenvalue weighted by molar-refractivity contribution is 6.30. The Bertz CT molecular complexity index is 884. The summed E-state index contributed by atoms with van der Waals surface area (Å²) < 4.78 is 7.38. The number of ether oxygens (including phenoxy) is 1. The molecule has 1 aliphatic rings. The van der Waals surface area contributed by atoms with Gasteiger partial charge in [-0.05, 0) is 36.4 Å². The SMILES string of the molecule is Clc1ccc(-c2nc(/C=N/NN3CCOCC3)c3ccccn23)cc1. The molecule has 0 spiro atoms. The molecule has 0 bridgehead atoms. The van der Waals surface area contributed by atoms with E-state index in [0.717, 1.165) is 48.9 Å². The largest absolute Gasteiger partial charge is 0.379 e. The van der Waals surface area contributed by atoms with E-state index in [9.17, 15) is 0 Å². The van der Waals surface area contributed by atoms with E-state index in [0.29, 0.717) is 5.02 Å². The lowest BCUT2D eigenvalue weighted by Gasteiger charge is -2.25. The first-order valence-corrected chi connectivity index (χ1v) is 8.53. The van der Waals surface area contributed by atoms with Crippen LogP contribution in [0, 0.1) is 0 Å². The molecule has 128 valence electrons. The molecule has 1 fully saturated rings. The molecule has 3 heterocycles. The Hall–Kier alpha value is -2.41. The van der Waals surface area contributed by atoms with Crippen molar-refractivity contribution in [3.63, 3.8) is 0 Å². The Morgan fingerprint density at radius 2 is 1.92 bits per heavy atom. The van der Waals surface area contributed by atoms with Crippen LogP contribution in [0.1, 0.15) is 5.69 Å². The van der Waals surface area contributed by atoms with Crippen LogP contribution in [0.5, 0.6) is 0 Å². The van der Waals surface area contributed by atoms with Crippen molar-refractivity contribution in [3.05, 3.63) is 59.4 Å². The average molecular weight is 356 g/mol. The van der Waals surface area contributed by atoms with Gasteiger partial charge in [0.2, 0.25) is 0 Å². The van der Waals surface area contributed by atoms with Crippen LogP contribution in [-0.2, 0) is 4.74 Å². The van der Waals surface area contributed by atoms with Crippen LogP contribution in [-0.4, -0.2) is 46.9 Å². The number of nitrogens with one attached hydrogen (secondary N) is 1. The molecule has 0 unspecified atom stereocenters. The topological polar surface area (TPSA) is 54.2 Å². The van der Waals surface area contributed by atoms with E-state index in [1.165, 1.54) is 0 Å². The third kappa shape index (κ3) is 3.51. The van der Waals surface area contributed by atoms with Crippen molar-refractivity contribution in [2.75, 3.05) is 26.3 Å². The van der Waals surface area contributed by atoms with E-state index in [4.69, 9.17) is 21.3 Å². The van der Waals surface area contributed by atoms with Gasteiger partial charge in [0.15, 0.2) is 0 Å². The number of pyridine rings is 1. The summed E-state index contributed by atoms with van der Waals surface area (Å²) in [4.78, 5) is 4.76. The third-order valence-electron chi connectivity index (χ3n) is 4.08. The quantitative estimate of drug-likeness (QED) is 0.577. The van der Waals surface area contributed by atoms with Gasteiger partial charge < -0.3 is 4.74 Å². The first-order chi connectivity index (χ1) is 12.3. The normalized spacial score (nSPS) is 15.9. The van der Waals surface area contributed by atoms with Gasteiger partial charge >= 0.3 is 0 Å². The molecule has 25 heavy (non-hydrogen) atoms. The highest BCUT2D eigenvalue weighted by Gasteiger charge is 2.12. The van der Waals surface area contributed by atoms with Crippen molar-refractivity contribution in [1.29, 1.82) is 0 Å². The summed E-state index contributed by atoms with van der Waals surface area (Å²) in [7, 11) is 0. The van der Waals surface area contributed by atoms with E-state index in [1.54, 1.807) is 6.21 Å². The van der Waals surface area contributed by atoms with Crippen molar-refractivity contribution in [3.8, 4) is 11.4 Å². The summed E-state index contributed by atoms with van der Waals surface area (Å²) in [5.74, 6) is 0.861. The summed E-state index contributed by atoms with van der Waals surface area (Å²) in [6.45, 7) is 3.07. The fraction of sp³-hybridized carbons (Fsp3) is 0.222. The predicted molar refractivity (Wildman–Crippen MR) is 98.8 cm³/mol.